The van der Waals surface area contributed by atoms with Gasteiger partial charge >= 0.3 is 0 Å². The number of nitrogens with zero attached hydrogens (tertiary/aromatic N) is 4. The molecule has 3 atom stereocenters. The fraction of sp³-hybridized carbons (Fsp3) is 0.556. The third-order valence-corrected chi connectivity index (χ3v) is 5.25. The van der Waals surface area contributed by atoms with Crippen molar-refractivity contribution in [3.05, 3.63) is 35.7 Å². The van der Waals surface area contributed by atoms with Gasteiger partial charge in [-0.05, 0) is 33.0 Å². The molecule has 3 heterocycles. The topological polar surface area (TPSA) is 54.6 Å². The zero-order chi connectivity index (χ0) is 16.7. The van der Waals surface area contributed by atoms with Gasteiger partial charge in [0, 0.05) is 31.2 Å². The summed E-state index contributed by atoms with van der Waals surface area (Å²) in [6, 6.07) is 8.71. The van der Waals surface area contributed by atoms with Gasteiger partial charge in [-0.25, -0.2) is 0 Å². The second kappa shape index (κ2) is 6.27. The standard InChI is InChI=1S/C18H24N4O2/c1-12-4-6-14(7-5-12)18-20-19-17(24-18)13(2)22-10-15-16(11-22)23-9-8-21(15)3/h4-7,13,15-16H,8-11H2,1-3H3/t13-,15+,16+/m0/s1. The van der Waals surface area contributed by atoms with E-state index in [-0.39, 0.29) is 12.1 Å². The molecular weight excluding hydrogens is 304 g/mol. The number of likely N-dealkylation sites (N-methyl/N-ethyl adjacent to an activating group) is 1. The summed E-state index contributed by atoms with van der Waals surface area (Å²) >= 11 is 0. The lowest BCUT2D eigenvalue weighted by Gasteiger charge is -2.33. The van der Waals surface area contributed by atoms with Gasteiger partial charge in [-0.3, -0.25) is 9.80 Å². The van der Waals surface area contributed by atoms with Crippen molar-refractivity contribution in [2.75, 3.05) is 33.3 Å². The van der Waals surface area contributed by atoms with Gasteiger partial charge in [0.2, 0.25) is 11.8 Å². The molecule has 0 saturated carbocycles. The lowest BCUT2D eigenvalue weighted by atomic mass is 10.1. The number of ether oxygens (including phenoxy) is 1. The highest BCUT2D eigenvalue weighted by molar-refractivity contribution is 5.52. The Morgan fingerprint density at radius 1 is 1.17 bits per heavy atom. The molecule has 1 aromatic heterocycles. The summed E-state index contributed by atoms with van der Waals surface area (Å²) < 4.78 is 11.9. The van der Waals surface area contributed by atoms with Crippen LogP contribution in [0.4, 0.5) is 0 Å². The van der Waals surface area contributed by atoms with Crippen LogP contribution in [0.25, 0.3) is 11.5 Å². The first-order valence-electron chi connectivity index (χ1n) is 8.58. The summed E-state index contributed by atoms with van der Waals surface area (Å²) in [4.78, 5) is 4.77. The second-order valence-electron chi connectivity index (χ2n) is 6.90. The molecule has 0 N–H and O–H groups in total. The second-order valence-corrected chi connectivity index (χ2v) is 6.90. The van der Waals surface area contributed by atoms with E-state index in [2.05, 4.69) is 53.0 Å². The lowest BCUT2D eigenvalue weighted by molar-refractivity contribution is -0.0372. The van der Waals surface area contributed by atoms with E-state index in [4.69, 9.17) is 9.15 Å². The number of rotatable bonds is 3. The lowest BCUT2D eigenvalue weighted by Crippen LogP contribution is -2.48. The minimum atomic E-state index is 0.0966. The van der Waals surface area contributed by atoms with Crippen molar-refractivity contribution in [3.8, 4) is 11.5 Å². The first-order chi connectivity index (χ1) is 11.6. The van der Waals surface area contributed by atoms with E-state index in [0.717, 1.165) is 31.8 Å². The van der Waals surface area contributed by atoms with Crippen molar-refractivity contribution in [2.24, 2.45) is 0 Å². The van der Waals surface area contributed by atoms with E-state index in [1.165, 1.54) is 5.56 Å². The number of hydrogen-bond donors (Lipinski definition) is 0. The summed E-state index contributed by atoms with van der Waals surface area (Å²) in [6.45, 7) is 7.91. The van der Waals surface area contributed by atoms with Gasteiger partial charge in [0.1, 0.15) is 0 Å². The van der Waals surface area contributed by atoms with Crippen LogP contribution in [0.5, 0.6) is 0 Å². The Bertz CT molecular complexity index is 699. The molecule has 2 aliphatic rings. The number of aromatic nitrogens is 2. The molecule has 0 bridgehead atoms. The van der Waals surface area contributed by atoms with Gasteiger partial charge in [-0.2, -0.15) is 0 Å². The summed E-state index contributed by atoms with van der Waals surface area (Å²) in [5.74, 6) is 1.26. The van der Waals surface area contributed by atoms with Crippen molar-refractivity contribution < 1.29 is 9.15 Å². The van der Waals surface area contributed by atoms with Gasteiger partial charge in [0.05, 0.1) is 18.8 Å². The number of benzene rings is 1. The van der Waals surface area contributed by atoms with E-state index >= 15 is 0 Å². The van der Waals surface area contributed by atoms with Crippen molar-refractivity contribution in [3.63, 3.8) is 0 Å². The molecule has 0 aliphatic carbocycles. The van der Waals surface area contributed by atoms with Gasteiger partial charge in [-0.1, -0.05) is 17.7 Å². The average molecular weight is 328 g/mol. The molecule has 24 heavy (non-hydrogen) atoms. The summed E-state index contributed by atoms with van der Waals surface area (Å²) in [5.41, 5.74) is 2.18. The fourth-order valence-corrected chi connectivity index (χ4v) is 3.57. The smallest absolute Gasteiger partial charge is 0.247 e. The van der Waals surface area contributed by atoms with Gasteiger partial charge in [-0.15, -0.1) is 10.2 Å². The Balaban J connectivity index is 1.49. The van der Waals surface area contributed by atoms with E-state index in [1.807, 2.05) is 12.1 Å². The van der Waals surface area contributed by atoms with Crippen molar-refractivity contribution >= 4 is 0 Å². The van der Waals surface area contributed by atoms with Crippen LogP contribution in [-0.2, 0) is 4.74 Å². The molecule has 6 nitrogen and oxygen atoms in total. The van der Waals surface area contributed by atoms with Crippen LogP contribution in [0.3, 0.4) is 0 Å². The van der Waals surface area contributed by atoms with Crippen molar-refractivity contribution in [1.29, 1.82) is 0 Å². The van der Waals surface area contributed by atoms with Crippen LogP contribution >= 0.6 is 0 Å². The van der Waals surface area contributed by atoms with Crippen LogP contribution < -0.4 is 0 Å². The van der Waals surface area contributed by atoms with Crippen molar-refractivity contribution in [2.45, 2.75) is 32.0 Å². The Labute approximate surface area is 142 Å². The number of aryl methyl sites for hydroxylation is 1. The predicted molar refractivity (Wildman–Crippen MR) is 90.6 cm³/mol. The van der Waals surface area contributed by atoms with Crippen LogP contribution in [0.1, 0.15) is 24.4 Å². The average Bonchev–Trinajstić information content (AvgIpc) is 3.23. The van der Waals surface area contributed by atoms with E-state index in [0.29, 0.717) is 17.8 Å². The molecule has 1 aromatic carbocycles. The van der Waals surface area contributed by atoms with Gasteiger partial charge in [0.15, 0.2) is 0 Å². The maximum Gasteiger partial charge on any atom is 0.247 e. The number of hydrogen-bond acceptors (Lipinski definition) is 6. The molecule has 2 aromatic rings. The molecule has 0 amide bonds. The minimum absolute atomic E-state index is 0.0966. The monoisotopic (exact) mass is 328 g/mol. The Morgan fingerprint density at radius 3 is 2.71 bits per heavy atom. The van der Waals surface area contributed by atoms with Gasteiger partial charge < -0.3 is 9.15 Å². The molecule has 0 unspecified atom stereocenters. The number of morpholine rings is 1. The number of fused-ring (bicyclic) bond motifs is 1. The maximum atomic E-state index is 5.95. The maximum absolute atomic E-state index is 5.95. The van der Waals surface area contributed by atoms with Crippen LogP contribution in [-0.4, -0.2) is 65.4 Å². The van der Waals surface area contributed by atoms with Crippen LogP contribution in [0.2, 0.25) is 0 Å². The molecule has 2 saturated heterocycles. The highest BCUT2D eigenvalue weighted by Gasteiger charge is 2.41. The third kappa shape index (κ3) is 2.85. The van der Waals surface area contributed by atoms with Crippen LogP contribution in [0.15, 0.2) is 28.7 Å². The molecule has 2 aliphatic heterocycles. The first kappa shape index (κ1) is 15.7. The third-order valence-electron chi connectivity index (χ3n) is 5.25. The number of likely N-dealkylation sites (tertiary alicyclic amines) is 1. The van der Waals surface area contributed by atoms with Crippen molar-refractivity contribution in [1.82, 2.24) is 20.0 Å². The summed E-state index contributed by atoms with van der Waals surface area (Å²) in [5, 5.41) is 8.51. The minimum Gasteiger partial charge on any atom is -0.419 e. The molecular formula is C18H24N4O2. The SMILES string of the molecule is Cc1ccc(-c2nnc([C@H](C)N3C[C@@H]4[C@@H](C3)OCCN4C)o2)cc1. The normalized spacial score (nSPS) is 26.5. The van der Waals surface area contributed by atoms with Crippen LogP contribution in [0, 0.1) is 6.92 Å². The first-order valence-corrected chi connectivity index (χ1v) is 8.58. The quantitative estimate of drug-likeness (QED) is 0.860. The fourth-order valence-electron chi connectivity index (χ4n) is 3.57. The predicted octanol–water partition coefficient (Wildman–Crippen LogP) is 2.12. The molecule has 0 radical (unpaired) electrons. The highest BCUT2D eigenvalue weighted by atomic mass is 16.5. The Kier molecular flexibility index (Phi) is 4.12. The summed E-state index contributed by atoms with van der Waals surface area (Å²) in [6.07, 6.45) is 0.283. The zero-order valence-electron chi connectivity index (χ0n) is 14.5. The Morgan fingerprint density at radius 2 is 1.96 bits per heavy atom. The van der Waals surface area contributed by atoms with Gasteiger partial charge in [0.25, 0.3) is 0 Å². The molecule has 0 spiro atoms. The summed E-state index contributed by atoms with van der Waals surface area (Å²) in [7, 11) is 2.18. The largest absolute Gasteiger partial charge is 0.419 e. The molecule has 4 rings (SSSR count). The van der Waals surface area contributed by atoms with E-state index in [9.17, 15) is 0 Å². The molecule has 128 valence electrons. The zero-order valence-corrected chi connectivity index (χ0v) is 14.5. The van der Waals surface area contributed by atoms with E-state index < -0.39 is 0 Å². The highest BCUT2D eigenvalue weighted by Crippen LogP contribution is 2.30. The Hall–Kier alpha value is -1.76. The van der Waals surface area contributed by atoms with E-state index in [1.54, 1.807) is 0 Å². The molecule has 2 fully saturated rings. The molecule has 6 heteroatoms.